The van der Waals surface area contributed by atoms with Gasteiger partial charge >= 0.3 is 6.09 Å². The SMILES string of the molecule is CCCCCCCCC(CCCCCCCC)(OC(N)=O)c1ccccc1. The van der Waals surface area contributed by atoms with Crippen molar-refractivity contribution in [1.82, 2.24) is 0 Å². The number of hydrogen-bond acceptors (Lipinski definition) is 2. The summed E-state index contributed by atoms with van der Waals surface area (Å²) in [5.74, 6) is 0. The highest BCUT2D eigenvalue weighted by molar-refractivity contribution is 5.65. The average molecular weight is 376 g/mol. The van der Waals surface area contributed by atoms with Crippen molar-refractivity contribution in [2.75, 3.05) is 0 Å². The molecule has 3 nitrogen and oxygen atoms in total. The number of amides is 1. The number of carbonyl (C=O) groups is 1. The predicted molar refractivity (Wildman–Crippen MR) is 115 cm³/mol. The highest BCUT2D eigenvalue weighted by Gasteiger charge is 2.34. The van der Waals surface area contributed by atoms with Gasteiger partial charge in [-0.25, -0.2) is 4.79 Å². The van der Waals surface area contributed by atoms with Gasteiger partial charge in [-0.3, -0.25) is 0 Å². The Bertz CT molecular complexity index is 470. The minimum Gasteiger partial charge on any atom is -0.438 e. The molecule has 0 aliphatic carbocycles. The van der Waals surface area contributed by atoms with E-state index in [0.29, 0.717) is 0 Å². The van der Waals surface area contributed by atoms with Gasteiger partial charge in [0, 0.05) is 0 Å². The summed E-state index contributed by atoms with van der Waals surface area (Å²) in [5.41, 5.74) is 6.02. The molecule has 1 aromatic rings. The summed E-state index contributed by atoms with van der Waals surface area (Å²) in [4.78, 5) is 11.7. The first-order valence-electron chi connectivity index (χ1n) is 11.2. The second-order valence-electron chi connectivity index (χ2n) is 7.82. The van der Waals surface area contributed by atoms with Crippen molar-refractivity contribution in [3.05, 3.63) is 35.9 Å². The Morgan fingerprint density at radius 3 is 1.67 bits per heavy atom. The van der Waals surface area contributed by atoms with Crippen molar-refractivity contribution in [1.29, 1.82) is 0 Å². The first-order valence-corrected chi connectivity index (χ1v) is 11.2. The van der Waals surface area contributed by atoms with Crippen molar-refractivity contribution in [2.24, 2.45) is 5.73 Å². The molecule has 1 rings (SSSR count). The van der Waals surface area contributed by atoms with E-state index in [4.69, 9.17) is 10.5 Å². The molecule has 2 N–H and O–H groups in total. The first kappa shape index (κ1) is 23.5. The molecule has 0 unspecified atom stereocenters. The average Bonchev–Trinajstić information content (AvgIpc) is 2.67. The van der Waals surface area contributed by atoms with Crippen LogP contribution in [0.2, 0.25) is 0 Å². The van der Waals surface area contributed by atoms with E-state index in [1.54, 1.807) is 0 Å². The number of carbonyl (C=O) groups excluding carboxylic acids is 1. The Morgan fingerprint density at radius 1 is 0.778 bits per heavy atom. The number of rotatable bonds is 16. The zero-order valence-corrected chi connectivity index (χ0v) is 17.7. The van der Waals surface area contributed by atoms with Gasteiger partial charge in [-0.05, 0) is 31.2 Å². The van der Waals surface area contributed by atoms with E-state index in [-0.39, 0.29) is 0 Å². The van der Waals surface area contributed by atoms with Crippen LogP contribution in [0.1, 0.15) is 109 Å². The molecular formula is C24H41NO2. The van der Waals surface area contributed by atoms with Crippen molar-refractivity contribution in [2.45, 2.75) is 109 Å². The van der Waals surface area contributed by atoms with Gasteiger partial charge in [0.05, 0.1) is 0 Å². The number of hydrogen-bond donors (Lipinski definition) is 1. The summed E-state index contributed by atoms with van der Waals surface area (Å²) in [6.45, 7) is 4.48. The van der Waals surface area contributed by atoms with Gasteiger partial charge in [0.2, 0.25) is 0 Å². The van der Waals surface area contributed by atoms with Crippen LogP contribution in [-0.4, -0.2) is 6.09 Å². The molecule has 0 saturated heterocycles. The third-order valence-electron chi connectivity index (χ3n) is 5.46. The lowest BCUT2D eigenvalue weighted by Gasteiger charge is -2.34. The van der Waals surface area contributed by atoms with Gasteiger partial charge < -0.3 is 10.5 Å². The molecule has 154 valence electrons. The second kappa shape index (κ2) is 14.5. The molecular weight excluding hydrogens is 334 g/mol. The standard InChI is InChI=1S/C24H41NO2/c1-3-5-7-9-11-16-20-24(27-23(25)26,22-18-14-13-15-19-22)21-17-12-10-8-6-4-2/h13-15,18-19H,3-12,16-17,20-21H2,1-2H3,(H2,25,26). The maximum Gasteiger partial charge on any atom is 0.405 e. The minimum absolute atomic E-state index is 0.567. The fourth-order valence-electron chi connectivity index (χ4n) is 3.89. The van der Waals surface area contributed by atoms with Crippen LogP contribution in [0, 0.1) is 0 Å². The van der Waals surface area contributed by atoms with Gasteiger partial charge in [-0.2, -0.15) is 0 Å². The fourth-order valence-corrected chi connectivity index (χ4v) is 3.89. The number of benzene rings is 1. The highest BCUT2D eigenvalue weighted by atomic mass is 16.6. The van der Waals surface area contributed by atoms with E-state index in [2.05, 4.69) is 26.0 Å². The smallest absolute Gasteiger partial charge is 0.405 e. The van der Waals surface area contributed by atoms with Crippen LogP contribution >= 0.6 is 0 Å². The second-order valence-corrected chi connectivity index (χ2v) is 7.82. The molecule has 0 heterocycles. The van der Waals surface area contributed by atoms with Gasteiger partial charge in [-0.1, -0.05) is 108 Å². The largest absolute Gasteiger partial charge is 0.438 e. The van der Waals surface area contributed by atoms with E-state index in [1.807, 2.05) is 18.2 Å². The molecule has 3 heteroatoms. The molecule has 0 spiro atoms. The highest BCUT2D eigenvalue weighted by Crippen LogP contribution is 2.37. The van der Waals surface area contributed by atoms with E-state index in [0.717, 1.165) is 31.2 Å². The summed E-state index contributed by atoms with van der Waals surface area (Å²) in [6, 6.07) is 10.2. The van der Waals surface area contributed by atoms with Crippen LogP contribution in [0.3, 0.4) is 0 Å². The molecule has 0 radical (unpaired) electrons. The van der Waals surface area contributed by atoms with E-state index < -0.39 is 11.7 Å². The monoisotopic (exact) mass is 375 g/mol. The lowest BCUT2D eigenvalue weighted by molar-refractivity contribution is -0.00547. The zero-order valence-electron chi connectivity index (χ0n) is 17.7. The van der Waals surface area contributed by atoms with Crippen LogP contribution in [0.15, 0.2) is 30.3 Å². The third kappa shape index (κ3) is 9.83. The van der Waals surface area contributed by atoms with Crippen LogP contribution in [0.25, 0.3) is 0 Å². The van der Waals surface area contributed by atoms with Crippen molar-refractivity contribution < 1.29 is 9.53 Å². The zero-order chi connectivity index (χ0) is 19.8. The van der Waals surface area contributed by atoms with Crippen LogP contribution in [0.5, 0.6) is 0 Å². The number of ether oxygens (including phenoxy) is 1. The Balaban J connectivity index is 2.72. The summed E-state index contributed by atoms with van der Waals surface area (Å²) < 4.78 is 5.82. The molecule has 0 aliphatic heterocycles. The van der Waals surface area contributed by atoms with E-state index in [9.17, 15) is 4.79 Å². The van der Waals surface area contributed by atoms with Crippen LogP contribution in [-0.2, 0) is 10.3 Å². The maximum atomic E-state index is 11.7. The fraction of sp³-hybridized carbons (Fsp3) is 0.708. The summed E-state index contributed by atoms with van der Waals surface area (Å²) >= 11 is 0. The summed E-state index contributed by atoms with van der Waals surface area (Å²) in [7, 11) is 0. The molecule has 0 aromatic heterocycles. The molecule has 0 saturated carbocycles. The summed E-state index contributed by atoms with van der Waals surface area (Å²) in [5, 5.41) is 0. The Morgan fingerprint density at radius 2 is 1.22 bits per heavy atom. The van der Waals surface area contributed by atoms with Crippen LogP contribution in [0.4, 0.5) is 4.79 Å². The number of unbranched alkanes of at least 4 members (excludes halogenated alkanes) is 10. The molecule has 0 fully saturated rings. The summed E-state index contributed by atoms with van der Waals surface area (Å²) in [6.07, 6.45) is 15.8. The molecule has 27 heavy (non-hydrogen) atoms. The van der Waals surface area contributed by atoms with Crippen molar-refractivity contribution in [3.8, 4) is 0 Å². The molecule has 1 amide bonds. The van der Waals surface area contributed by atoms with Crippen molar-refractivity contribution >= 4 is 6.09 Å². The van der Waals surface area contributed by atoms with Crippen molar-refractivity contribution in [3.63, 3.8) is 0 Å². The molecule has 1 aromatic carbocycles. The Kier molecular flexibility index (Phi) is 12.7. The minimum atomic E-state index is -0.657. The maximum absolute atomic E-state index is 11.7. The van der Waals surface area contributed by atoms with E-state index >= 15 is 0 Å². The topological polar surface area (TPSA) is 52.3 Å². The number of nitrogens with two attached hydrogens (primary N) is 1. The molecule has 0 atom stereocenters. The normalized spacial score (nSPS) is 11.5. The Labute approximate surface area is 167 Å². The predicted octanol–water partition coefficient (Wildman–Crippen LogP) is 7.48. The van der Waals surface area contributed by atoms with Gasteiger partial charge in [-0.15, -0.1) is 0 Å². The third-order valence-corrected chi connectivity index (χ3v) is 5.46. The van der Waals surface area contributed by atoms with E-state index in [1.165, 1.54) is 64.2 Å². The lowest BCUT2D eigenvalue weighted by atomic mass is 9.83. The molecule has 0 bridgehead atoms. The Hall–Kier alpha value is -1.51. The first-order chi connectivity index (χ1) is 13.1. The quantitative estimate of drug-likeness (QED) is 0.304. The number of primary amides is 1. The molecule has 0 aliphatic rings. The lowest BCUT2D eigenvalue weighted by Crippen LogP contribution is -2.35. The van der Waals surface area contributed by atoms with Gasteiger partial charge in [0.25, 0.3) is 0 Å². The van der Waals surface area contributed by atoms with Crippen LogP contribution < -0.4 is 5.73 Å². The van der Waals surface area contributed by atoms with Gasteiger partial charge in [0.1, 0.15) is 5.60 Å². The van der Waals surface area contributed by atoms with Gasteiger partial charge in [0.15, 0.2) is 0 Å².